The molecule has 2 aliphatic carbocycles. The van der Waals surface area contributed by atoms with E-state index in [-0.39, 0.29) is 10.1 Å². The lowest BCUT2D eigenvalue weighted by molar-refractivity contribution is 0.593. The lowest BCUT2D eigenvalue weighted by Gasteiger charge is -2.16. The molecule has 2 aliphatic rings. The molecule has 0 saturated carbocycles. The van der Waals surface area contributed by atoms with Crippen molar-refractivity contribution in [3.05, 3.63) is 34.4 Å². The van der Waals surface area contributed by atoms with Gasteiger partial charge in [0.1, 0.15) is 0 Å². The first-order valence-corrected chi connectivity index (χ1v) is 14.4. The van der Waals surface area contributed by atoms with Crippen LogP contribution in [0.1, 0.15) is 60.8 Å². The summed E-state index contributed by atoms with van der Waals surface area (Å²) in [5.41, 5.74) is 4.53. The van der Waals surface area contributed by atoms with Crippen LogP contribution in [0.25, 0.3) is 11.4 Å². The van der Waals surface area contributed by atoms with Gasteiger partial charge in [-0.05, 0) is 85.8 Å². The minimum absolute atomic E-state index is 0.120. The molecular formula is C22H28N2O4S2. The average molecular weight is 449 g/mol. The van der Waals surface area contributed by atoms with E-state index < -0.39 is 19.7 Å². The van der Waals surface area contributed by atoms with Crippen molar-refractivity contribution in [2.75, 3.05) is 12.5 Å². The molecule has 0 saturated heterocycles. The fourth-order valence-electron chi connectivity index (χ4n) is 4.64. The number of fused-ring (bicyclic) bond motifs is 2. The van der Waals surface area contributed by atoms with Gasteiger partial charge in [-0.3, -0.25) is 0 Å². The van der Waals surface area contributed by atoms with Gasteiger partial charge in [0, 0.05) is 12.5 Å². The molecule has 0 radical (unpaired) electrons. The fraction of sp³-hybridized carbons (Fsp3) is 0.545. The smallest absolute Gasteiger partial charge is 0.193 e. The zero-order valence-electron chi connectivity index (χ0n) is 17.6. The molecule has 0 fully saturated rings. The Morgan fingerprint density at radius 1 is 0.600 bits per heavy atom. The molecule has 162 valence electrons. The first-order chi connectivity index (χ1) is 14.1. The van der Waals surface area contributed by atoms with Crippen molar-refractivity contribution < 1.29 is 16.8 Å². The molecule has 0 aromatic carbocycles. The first-order valence-electron chi connectivity index (χ1n) is 10.6. The Hall–Kier alpha value is -1.80. The number of rotatable bonds is 3. The molecule has 0 aliphatic heterocycles. The topological polar surface area (TPSA) is 94.1 Å². The summed E-state index contributed by atoms with van der Waals surface area (Å²) in [6.45, 7) is 0. The van der Waals surface area contributed by atoms with E-state index in [4.69, 9.17) is 0 Å². The van der Waals surface area contributed by atoms with E-state index in [9.17, 15) is 16.8 Å². The van der Waals surface area contributed by atoms with Gasteiger partial charge >= 0.3 is 0 Å². The summed E-state index contributed by atoms with van der Waals surface area (Å²) in [5.74, 6) is 0. The van der Waals surface area contributed by atoms with Gasteiger partial charge < -0.3 is 0 Å². The van der Waals surface area contributed by atoms with E-state index in [1.807, 2.05) is 12.1 Å². The Kier molecular flexibility index (Phi) is 5.74. The summed E-state index contributed by atoms with van der Waals surface area (Å²) in [5, 5.41) is 0.240. The van der Waals surface area contributed by atoms with E-state index in [0.717, 1.165) is 73.6 Å². The lowest BCUT2D eigenvalue weighted by atomic mass is 10.0. The molecule has 0 N–H and O–H groups in total. The molecule has 30 heavy (non-hydrogen) atoms. The first kappa shape index (κ1) is 21.4. The van der Waals surface area contributed by atoms with Gasteiger partial charge in [0.25, 0.3) is 0 Å². The van der Waals surface area contributed by atoms with E-state index in [1.54, 1.807) is 0 Å². The van der Waals surface area contributed by atoms with Crippen molar-refractivity contribution in [3.8, 4) is 11.4 Å². The number of pyridine rings is 2. The van der Waals surface area contributed by atoms with Crippen LogP contribution in [-0.4, -0.2) is 39.3 Å². The summed E-state index contributed by atoms with van der Waals surface area (Å²) in [6.07, 6.45) is 11.4. The molecule has 0 amide bonds. The molecule has 2 aromatic rings. The number of hydrogen-bond acceptors (Lipinski definition) is 6. The predicted molar refractivity (Wildman–Crippen MR) is 116 cm³/mol. The summed E-state index contributed by atoms with van der Waals surface area (Å²) < 4.78 is 50.1. The Morgan fingerprint density at radius 2 is 0.967 bits per heavy atom. The predicted octanol–water partition coefficient (Wildman–Crippen LogP) is 3.49. The highest BCUT2D eigenvalue weighted by atomic mass is 32.2. The molecular weight excluding hydrogens is 420 g/mol. The molecule has 0 unspecified atom stereocenters. The molecule has 0 spiro atoms. The standard InChI is InChI=1S/C22H28N2O4S2/c1-29(25,26)21-17-11-7-3-5-9-15(17)13-19(23-21)20-14-16-10-6-4-8-12-18(16)22(24-20)30(2,27)28/h13-14H,3-12H2,1-2H3. The number of aryl methyl sites for hydroxylation is 2. The second-order valence-electron chi connectivity index (χ2n) is 8.57. The average Bonchev–Trinajstić information content (AvgIpc) is 3.04. The molecule has 2 aromatic heterocycles. The van der Waals surface area contributed by atoms with Gasteiger partial charge in [-0.25, -0.2) is 26.8 Å². The van der Waals surface area contributed by atoms with Crippen molar-refractivity contribution in [1.29, 1.82) is 0 Å². The van der Waals surface area contributed by atoms with E-state index >= 15 is 0 Å². The summed E-state index contributed by atoms with van der Waals surface area (Å²) in [7, 11) is -7.02. The number of hydrogen-bond donors (Lipinski definition) is 0. The van der Waals surface area contributed by atoms with Gasteiger partial charge in [-0.1, -0.05) is 12.8 Å². The third-order valence-corrected chi connectivity index (χ3v) is 8.15. The Labute approximate surface area is 179 Å². The summed E-state index contributed by atoms with van der Waals surface area (Å²) in [6, 6.07) is 3.85. The molecule has 0 atom stereocenters. The van der Waals surface area contributed by atoms with Crippen LogP contribution >= 0.6 is 0 Å². The molecule has 2 heterocycles. The van der Waals surface area contributed by atoms with Crippen molar-refractivity contribution in [2.45, 2.75) is 74.3 Å². The van der Waals surface area contributed by atoms with Crippen LogP contribution in [0.2, 0.25) is 0 Å². The second-order valence-corrected chi connectivity index (χ2v) is 12.4. The van der Waals surface area contributed by atoms with E-state index in [0.29, 0.717) is 24.2 Å². The Bertz CT molecular complexity index is 1110. The zero-order chi connectivity index (χ0) is 21.5. The van der Waals surface area contributed by atoms with Crippen LogP contribution in [0, 0.1) is 0 Å². The normalized spacial score (nSPS) is 17.5. The van der Waals surface area contributed by atoms with Crippen LogP contribution in [0.4, 0.5) is 0 Å². The fourth-order valence-corrected chi connectivity index (χ4v) is 6.53. The third kappa shape index (κ3) is 4.30. The van der Waals surface area contributed by atoms with Gasteiger partial charge in [0.2, 0.25) is 0 Å². The van der Waals surface area contributed by atoms with E-state index in [1.165, 1.54) is 12.5 Å². The minimum Gasteiger partial charge on any atom is -0.234 e. The van der Waals surface area contributed by atoms with Crippen molar-refractivity contribution in [1.82, 2.24) is 9.97 Å². The maximum Gasteiger partial charge on any atom is 0.193 e. The second kappa shape index (κ2) is 8.04. The van der Waals surface area contributed by atoms with Gasteiger partial charge in [-0.2, -0.15) is 0 Å². The van der Waals surface area contributed by atoms with Crippen LogP contribution in [0.15, 0.2) is 22.2 Å². The minimum atomic E-state index is -3.51. The van der Waals surface area contributed by atoms with Gasteiger partial charge in [0.05, 0.1) is 11.4 Å². The molecule has 6 nitrogen and oxygen atoms in total. The van der Waals surface area contributed by atoms with Crippen LogP contribution in [-0.2, 0) is 45.4 Å². The summed E-state index contributed by atoms with van der Waals surface area (Å²) >= 11 is 0. The third-order valence-electron chi connectivity index (χ3n) is 6.07. The largest absolute Gasteiger partial charge is 0.234 e. The van der Waals surface area contributed by atoms with Gasteiger partial charge in [0.15, 0.2) is 29.7 Å². The highest BCUT2D eigenvalue weighted by Gasteiger charge is 2.25. The number of sulfone groups is 2. The highest BCUT2D eigenvalue weighted by Crippen LogP contribution is 2.33. The Morgan fingerprint density at radius 3 is 1.33 bits per heavy atom. The van der Waals surface area contributed by atoms with Gasteiger partial charge in [-0.15, -0.1) is 0 Å². The molecule has 8 heteroatoms. The zero-order valence-corrected chi connectivity index (χ0v) is 19.2. The highest BCUT2D eigenvalue weighted by molar-refractivity contribution is 7.91. The molecule has 0 bridgehead atoms. The van der Waals surface area contributed by atoms with Crippen LogP contribution in [0.3, 0.4) is 0 Å². The Balaban J connectivity index is 1.97. The quantitative estimate of drug-likeness (QED) is 0.667. The van der Waals surface area contributed by atoms with E-state index in [2.05, 4.69) is 9.97 Å². The lowest BCUT2D eigenvalue weighted by Crippen LogP contribution is -2.12. The number of nitrogens with zero attached hydrogens (tertiary/aromatic N) is 2. The molecule has 4 rings (SSSR count). The monoisotopic (exact) mass is 448 g/mol. The van der Waals surface area contributed by atoms with Crippen molar-refractivity contribution in [3.63, 3.8) is 0 Å². The summed E-state index contributed by atoms with van der Waals surface area (Å²) in [4.78, 5) is 9.04. The van der Waals surface area contributed by atoms with Crippen LogP contribution in [0.5, 0.6) is 0 Å². The van der Waals surface area contributed by atoms with Crippen molar-refractivity contribution in [2.24, 2.45) is 0 Å². The maximum atomic E-state index is 12.5. The number of aromatic nitrogens is 2. The van der Waals surface area contributed by atoms with Crippen LogP contribution < -0.4 is 0 Å². The maximum absolute atomic E-state index is 12.5. The SMILES string of the molecule is CS(=O)(=O)c1nc(-c2cc3c(c(S(C)(=O)=O)n2)CCCCC3)cc2c1CCCCC2. The van der Waals surface area contributed by atoms with Crippen molar-refractivity contribution >= 4 is 19.7 Å².